The quantitative estimate of drug-likeness (QED) is 0.824. The summed E-state index contributed by atoms with van der Waals surface area (Å²) < 4.78 is 13.0. The monoisotopic (exact) mass is 362 g/mol. The van der Waals surface area contributed by atoms with E-state index in [2.05, 4.69) is 25.3 Å². The molecule has 2 saturated heterocycles. The van der Waals surface area contributed by atoms with E-state index in [0.717, 1.165) is 38.4 Å². The molecule has 1 unspecified atom stereocenters. The van der Waals surface area contributed by atoms with Gasteiger partial charge in [0.05, 0.1) is 18.9 Å². The van der Waals surface area contributed by atoms with Crippen LogP contribution in [0.5, 0.6) is 0 Å². The Morgan fingerprint density at radius 3 is 2.81 bits per heavy atom. The highest BCUT2D eigenvalue weighted by Gasteiger charge is 2.47. The SMILES string of the molecule is O=C(NCCN1CCCC1)C1=NOC2(CCN(c3ncc(F)cn3)C2)C1. The summed E-state index contributed by atoms with van der Waals surface area (Å²) in [6, 6.07) is 0. The number of hydrogen-bond donors (Lipinski definition) is 1. The Hall–Kier alpha value is -2.29. The lowest BCUT2D eigenvalue weighted by Gasteiger charge is -2.21. The minimum atomic E-state index is -0.515. The molecule has 1 amide bonds. The van der Waals surface area contributed by atoms with E-state index in [0.29, 0.717) is 37.7 Å². The number of likely N-dealkylation sites (tertiary alicyclic amines) is 1. The largest absolute Gasteiger partial charge is 0.386 e. The minimum absolute atomic E-state index is 0.155. The van der Waals surface area contributed by atoms with Gasteiger partial charge < -0.3 is 20.0 Å². The average Bonchev–Trinajstić information content (AvgIpc) is 3.38. The zero-order chi connectivity index (χ0) is 18.0. The molecular weight excluding hydrogens is 339 g/mol. The van der Waals surface area contributed by atoms with Crippen molar-refractivity contribution in [2.24, 2.45) is 5.16 Å². The van der Waals surface area contributed by atoms with Gasteiger partial charge in [-0.25, -0.2) is 14.4 Å². The molecule has 140 valence electrons. The highest BCUT2D eigenvalue weighted by Crippen LogP contribution is 2.35. The van der Waals surface area contributed by atoms with E-state index in [9.17, 15) is 9.18 Å². The third kappa shape index (κ3) is 3.62. The number of oxime groups is 1. The Bertz CT molecular complexity index is 691. The Morgan fingerprint density at radius 1 is 1.27 bits per heavy atom. The van der Waals surface area contributed by atoms with E-state index in [1.165, 1.54) is 12.8 Å². The van der Waals surface area contributed by atoms with Crippen LogP contribution in [0.2, 0.25) is 0 Å². The Kier molecular flexibility index (Phi) is 4.71. The van der Waals surface area contributed by atoms with Gasteiger partial charge in [0.25, 0.3) is 5.91 Å². The summed E-state index contributed by atoms with van der Waals surface area (Å²) in [5.74, 6) is -0.149. The number of rotatable bonds is 5. The number of carbonyl (C=O) groups excluding carboxylic acids is 1. The topological polar surface area (TPSA) is 83.0 Å². The second-order valence-electron chi connectivity index (χ2n) is 7.17. The summed E-state index contributed by atoms with van der Waals surface area (Å²) in [7, 11) is 0. The van der Waals surface area contributed by atoms with Crippen molar-refractivity contribution in [3.05, 3.63) is 18.2 Å². The predicted molar refractivity (Wildman–Crippen MR) is 93.4 cm³/mol. The minimum Gasteiger partial charge on any atom is -0.386 e. The molecule has 2 fully saturated rings. The maximum Gasteiger partial charge on any atom is 0.269 e. The highest BCUT2D eigenvalue weighted by atomic mass is 19.1. The molecule has 8 nitrogen and oxygen atoms in total. The Balaban J connectivity index is 1.27. The molecule has 3 aliphatic heterocycles. The van der Waals surface area contributed by atoms with Crippen LogP contribution in [-0.4, -0.2) is 71.4 Å². The van der Waals surface area contributed by atoms with Gasteiger partial charge in [-0.05, 0) is 25.9 Å². The zero-order valence-corrected chi connectivity index (χ0v) is 14.7. The van der Waals surface area contributed by atoms with E-state index in [1.54, 1.807) is 0 Å². The van der Waals surface area contributed by atoms with E-state index in [4.69, 9.17) is 4.84 Å². The first-order chi connectivity index (χ1) is 12.6. The molecule has 26 heavy (non-hydrogen) atoms. The first-order valence-corrected chi connectivity index (χ1v) is 9.12. The summed E-state index contributed by atoms with van der Waals surface area (Å²) in [5, 5.41) is 6.96. The van der Waals surface area contributed by atoms with Crippen molar-refractivity contribution in [2.75, 3.05) is 44.2 Å². The fourth-order valence-electron chi connectivity index (χ4n) is 3.78. The van der Waals surface area contributed by atoms with Crippen molar-refractivity contribution in [2.45, 2.75) is 31.3 Å². The van der Waals surface area contributed by atoms with Crippen LogP contribution in [0.15, 0.2) is 17.5 Å². The summed E-state index contributed by atoms with van der Waals surface area (Å²) in [6.07, 6.45) is 5.98. The van der Waals surface area contributed by atoms with Crippen LogP contribution in [0.4, 0.5) is 10.3 Å². The van der Waals surface area contributed by atoms with Crippen LogP contribution >= 0.6 is 0 Å². The van der Waals surface area contributed by atoms with Gasteiger partial charge in [-0.2, -0.15) is 0 Å². The molecule has 9 heteroatoms. The molecule has 0 aliphatic carbocycles. The number of carbonyl (C=O) groups is 1. The van der Waals surface area contributed by atoms with E-state index in [-0.39, 0.29) is 5.91 Å². The molecule has 1 aromatic heterocycles. The molecule has 3 aliphatic rings. The second kappa shape index (κ2) is 7.14. The van der Waals surface area contributed by atoms with Gasteiger partial charge in [0.15, 0.2) is 11.4 Å². The maximum absolute atomic E-state index is 13.0. The van der Waals surface area contributed by atoms with Gasteiger partial charge in [0.1, 0.15) is 5.71 Å². The lowest BCUT2D eigenvalue weighted by atomic mass is 9.96. The van der Waals surface area contributed by atoms with Crippen molar-refractivity contribution < 1.29 is 14.0 Å². The summed E-state index contributed by atoms with van der Waals surface area (Å²) in [5.41, 5.74) is -0.0763. The lowest BCUT2D eigenvalue weighted by Crippen LogP contribution is -2.39. The van der Waals surface area contributed by atoms with E-state index in [1.807, 2.05) is 4.90 Å². The first-order valence-electron chi connectivity index (χ1n) is 9.12. The van der Waals surface area contributed by atoms with Crippen molar-refractivity contribution >= 4 is 17.6 Å². The predicted octanol–water partition coefficient (Wildman–Crippen LogP) is 0.553. The molecule has 1 aromatic rings. The van der Waals surface area contributed by atoms with Crippen molar-refractivity contribution in [3.63, 3.8) is 0 Å². The molecule has 0 radical (unpaired) electrons. The van der Waals surface area contributed by atoms with Crippen LogP contribution in [-0.2, 0) is 9.63 Å². The van der Waals surface area contributed by atoms with Crippen LogP contribution < -0.4 is 10.2 Å². The fourth-order valence-corrected chi connectivity index (χ4v) is 3.78. The normalized spacial score (nSPS) is 25.6. The van der Waals surface area contributed by atoms with Gasteiger partial charge >= 0.3 is 0 Å². The van der Waals surface area contributed by atoms with Crippen molar-refractivity contribution in [3.8, 4) is 0 Å². The van der Waals surface area contributed by atoms with Gasteiger partial charge in [0.2, 0.25) is 5.95 Å². The third-order valence-electron chi connectivity index (χ3n) is 5.22. The number of halogens is 1. The number of nitrogens with one attached hydrogen (secondary N) is 1. The van der Waals surface area contributed by atoms with Gasteiger partial charge in [-0.3, -0.25) is 4.79 Å². The standard InChI is InChI=1S/C17H23FN6O2/c18-13-10-20-16(21-11-13)24-7-3-17(12-24)9-14(22-26-17)15(25)19-4-8-23-5-1-2-6-23/h10-11H,1-9,12H2,(H,19,25). The average molecular weight is 362 g/mol. The van der Waals surface area contributed by atoms with Crippen LogP contribution in [0.25, 0.3) is 0 Å². The zero-order valence-electron chi connectivity index (χ0n) is 14.7. The second-order valence-corrected chi connectivity index (χ2v) is 7.17. The van der Waals surface area contributed by atoms with Gasteiger partial charge in [-0.15, -0.1) is 0 Å². The molecule has 4 heterocycles. The molecule has 0 saturated carbocycles. The van der Waals surface area contributed by atoms with Crippen molar-refractivity contribution in [1.29, 1.82) is 0 Å². The summed E-state index contributed by atoms with van der Waals surface area (Å²) in [6.45, 7) is 4.95. The van der Waals surface area contributed by atoms with Gasteiger partial charge in [0, 0.05) is 32.5 Å². The summed E-state index contributed by atoms with van der Waals surface area (Å²) in [4.78, 5) is 30.3. The Morgan fingerprint density at radius 2 is 2.04 bits per heavy atom. The molecule has 1 N–H and O–H groups in total. The number of aromatic nitrogens is 2. The Labute approximate surface area is 151 Å². The maximum atomic E-state index is 13.0. The molecule has 1 spiro atoms. The van der Waals surface area contributed by atoms with Crippen molar-refractivity contribution in [1.82, 2.24) is 20.2 Å². The number of anilines is 1. The molecule has 0 aromatic carbocycles. The molecule has 1 atom stereocenters. The van der Waals surface area contributed by atoms with Crippen LogP contribution in [0.1, 0.15) is 25.7 Å². The number of hydrogen-bond acceptors (Lipinski definition) is 7. The smallest absolute Gasteiger partial charge is 0.269 e. The number of nitrogens with zero attached hydrogens (tertiary/aromatic N) is 5. The molecule has 0 bridgehead atoms. The van der Waals surface area contributed by atoms with E-state index >= 15 is 0 Å². The van der Waals surface area contributed by atoms with Gasteiger partial charge in [-0.1, -0.05) is 5.16 Å². The van der Waals surface area contributed by atoms with E-state index < -0.39 is 11.4 Å². The summed E-state index contributed by atoms with van der Waals surface area (Å²) >= 11 is 0. The first kappa shape index (κ1) is 17.1. The molecule has 4 rings (SSSR count). The molecular formula is C17H23FN6O2. The highest BCUT2D eigenvalue weighted by molar-refractivity contribution is 6.39. The lowest BCUT2D eigenvalue weighted by molar-refractivity contribution is -0.114. The fraction of sp³-hybridized carbons (Fsp3) is 0.647. The number of amides is 1. The van der Waals surface area contributed by atoms with Crippen LogP contribution in [0.3, 0.4) is 0 Å². The third-order valence-corrected chi connectivity index (χ3v) is 5.22. The van der Waals surface area contributed by atoms with Crippen LogP contribution in [0, 0.1) is 5.82 Å².